The first kappa shape index (κ1) is 13.0. The van der Waals surface area contributed by atoms with Gasteiger partial charge in [0.25, 0.3) is 0 Å². The molecule has 0 fully saturated rings. The third-order valence-electron chi connectivity index (χ3n) is 3.14. The third-order valence-corrected chi connectivity index (χ3v) is 3.14. The summed E-state index contributed by atoms with van der Waals surface area (Å²) >= 11 is 0. The van der Waals surface area contributed by atoms with Crippen LogP contribution in [0.4, 0.5) is 10.1 Å². The van der Waals surface area contributed by atoms with Gasteiger partial charge in [0.1, 0.15) is 5.82 Å². The van der Waals surface area contributed by atoms with Crippen molar-refractivity contribution in [3.63, 3.8) is 0 Å². The zero-order valence-corrected chi connectivity index (χ0v) is 10.3. The van der Waals surface area contributed by atoms with E-state index in [0.717, 1.165) is 13.0 Å². The maximum atomic E-state index is 13.6. The van der Waals surface area contributed by atoms with Gasteiger partial charge in [0.2, 0.25) is 0 Å². The van der Waals surface area contributed by atoms with Gasteiger partial charge in [-0.1, -0.05) is 19.9 Å². The van der Waals surface area contributed by atoms with Crippen LogP contribution in [0, 0.1) is 5.82 Å². The molecule has 3 heteroatoms. The van der Waals surface area contributed by atoms with Crippen LogP contribution >= 0.6 is 0 Å². The third kappa shape index (κ3) is 2.95. The minimum absolute atomic E-state index is 0.207. The number of halogens is 1. The Hall–Kier alpha value is -1.09. The molecule has 1 aromatic rings. The molecule has 2 N–H and O–H groups in total. The topological polar surface area (TPSA) is 29.3 Å². The van der Waals surface area contributed by atoms with Crippen LogP contribution in [0.15, 0.2) is 18.2 Å². The summed E-state index contributed by atoms with van der Waals surface area (Å²) in [4.78, 5) is 2.23. The number of nitrogens with zero attached hydrogens (tertiary/aromatic N) is 1. The lowest BCUT2D eigenvalue weighted by atomic mass is 10.1. The normalized spacial score (nSPS) is 13.1. The molecule has 0 saturated heterocycles. The van der Waals surface area contributed by atoms with Gasteiger partial charge < -0.3 is 5.73 Å². The van der Waals surface area contributed by atoms with Gasteiger partial charge in [-0.25, -0.2) is 4.39 Å². The molecule has 0 aliphatic carbocycles. The highest BCUT2D eigenvalue weighted by molar-refractivity contribution is 5.47. The molecular weight excluding hydrogens is 203 g/mol. The molecule has 1 unspecified atom stereocenters. The Labute approximate surface area is 97.3 Å². The lowest BCUT2D eigenvalue weighted by molar-refractivity contribution is 0.204. The zero-order chi connectivity index (χ0) is 12.1. The summed E-state index contributed by atoms with van der Waals surface area (Å²) in [6, 6.07) is 5.32. The molecule has 1 atom stereocenters. The van der Waals surface area contributed by atoms with Crippen molar-refractivity contribution < 1.29 is 4.39 Å². The largest absolute Gasteiger partial charge is 0.398 e. The maximum absolute atomic E-state index is 13.6. The Morgan fingerprint density at radius 1 is 1.38 bits per heavy atom. The zero-order valence-electron chi connectivity index (χ0n) is 10.3. The van der Waals surface area contributed by atoms with Gasteiger partial charge >= 0.3 is 0 Å². The second kappa shape index (κ2) is 5.85. The highest BCUT2D eigenvalue weighted by Gasteiger charge is 2.14. The van der Waals surface area contributed by atoms with Crippen molar-refractivity contribution in [3.05, 3.63) is 29.6 Å². The summed E-state index contributed by atoms with van der Waals surface area (Å²) in [5, 5.41) is 0. The fraction of sp³-hybridized carbons (Fsp3) is 0.538. The van der Waals surface area contributed by atoms with Crippen LogP contribution in [-0.2, 0) is 6.54 Å². The van der Waals surface area contributed by atoms with Gasteiger partial charge in [-0.2, -0.15) is 0 Å². The van der Waals surface area contributed by atoms with Crippen molar-refractivity contribution in [2.75, 3.05) is 12.3 Å². The standard InChI is InChI=1S/C13H21FN2/c1-4-10(3)16(5-2)9-11-12(14)7-6-8-13(11)15/h6-8,10H,4-5,9,15H2,1-3H3. The predicted molar refractivity (Wildman–Crippen MR) is 66.6 cm³/mol. The van der Waals surface area contributed by atoms with E-state index in [2.05, 4.69) is 25.7 Å². The number of hydrogen-bond donors (Lipinski definition) is 1. The van der Waals surface area contributed by atoms with E-state index < -0.39 is 0 Å². The lowest BCUT2D eigenvalue weighted by Crippen LogP contribution is -2.32. The SMILES string of the molecule is CCC(C)N(CC)Cc1c(N)cccc1F. The van der Waals surface area contributed by atoms with Gasteiger partial charge in [0.05, 0.1) is 0 Å². The van der Waals surface area contributed by atoms with Crippen LogP contribution in [0.2, 0.25) is 0 Å². The molecule has 90 valence electrons. The molecule has 0 bridgehead atoms. The fourth-order valence-corrected chi connectivity index (χ4v) is 1.78. The van der Waals surface area contributed by atoms with E-state index in [1.165, 1.54) is 6.07 Å². The van der Waals surface area contributed by atoms with E-state index in [-0.39, 0.29) is 5.82 Å². The van der Waals surface area contributed by atoms with Crippen LogP contribution in [-0.4, -0.2) is 17.5 Å². The van der Waals surface area contributed by atoms with E-state index in [0.29, 0.717) is 23.8 Å². The van der Waals surface area contributed by atoms with Crippen molar-refractivity contribution in [1.82, 2.24) is 4.90 Å². The van der Waals surface area contributed by atoms with Crippen LogP contribution in [0.25, 0.3) is 0 Å². The van der Waals surface area contributed by atoms with Crippen LogP contribution in [0.5, 0.6) is 0 Å². The maximum Gasteiger partial charge on any atom is 0.129 e. The number of nitrogens with two attached hydrogens (primary N) is 1. The van der Waals surface area contributed by atoms with Gasteiger partial charge in [-0.05, 0) is 32.0 Å². The van der Waals surface area contributed by atoms with Crippen LogP contribution in [0.1, 0.15) is 32.8 Å². The molecule has 0 aliphatic rings. The first-order valence-electron chi connectivity index (χ1n) is 5.87. The molecule has 1 aromatic carbocycles. The molecule has 1 rings (SSSR count). The lowest BCUT2D eigenvalue weighted by Gasteiger charge is -2.27. The Morgan fingerprint density at radius 2 is 2.06 bits per heavy atom. The van der Waals surface area contributed by atoms with Crippen molar-refractivity contribution >= 4 is 5.69 Å². The summed E-state index contributed by atoms with van der Waals surface area (Å²) in [6.07, 6.45) is 1.06. The quantitative estimate of drug-likeness (QED) is 0.779. The number of nitrogen functional groups attached to an aromatic ring is 1. The number of rotatable bonds is 5. The molecule has 0 saturated carbocycles. The summed E-state index contributed by atoms with van der Waals surface area (Å²) in [5.41, 5.74) is 6.96. The molecule has 0 aromatic heterocycles. The summed E-state index contributed by atoms with van der Waals surface area (Å²) in [5.74, 6) is -0.207. The molecule has 0 spiro atoms. The summed E-state index contributed by atoms with van der Waals surface area (Å²) in [7, 11) is 0. The Morgan fingerprint density at radius 3 is 2.56 bits per heavy atom. The summed E-state index contributed by atoms with van der Waals surface area (Å²) in [6.45, 7) is 7.87. The number of benzene rings is 1. The Bertz CT molecular complexity index is 318. The summed E-state index contributed by atoms with van der Waals surface area (Å²) < 4.78 is 13.6. The highest BCUT2D eigenvalue weighted by Crippen LogP contribution is 2.19. The first-order valence-corrected chi connectivity index (χ1v) is 5.87. The van der Waals surface area contributed by atoms with Crippen molar-refractivity contribution in [3.8, 4) is 0 Å². The van der Waals surface area contributed by atoms with Gasteiger partial charge in [-0.3, -0.25) is 4.90 Å². The predicted octanol–water partition coefficient (Wildman–Crippen LogP) is 3.03. The highest BCUT2D eigenvalue weighted by atomic mass is 19.1. The molecule has 16 heavy (non-hydrogen) atoms. The van der Waals surface area contributed by atoms with E-state index in [4.69, 9.17) is 5.73 Å². The minimum atomic E-state index is -0.207. The van der Waals surface area contributed by atoms with Gasteiger partial charge in [-0.15, -0.1) is 0 Å². The van der Waals surface area contributed by atoms with Gasteiger partial charge in [0, 0.05) is 23.8 Å². The Balaban J connectivity index is 2.85. The van der Waals surface area contributed by atoms with Crippen LogP contribution in [0.3, 0.4) is 0 Å². The van der Waals surface area contributed by atoms with Crippen molar-refractivity contribution in [2.45, 2.75) is 39.8 Å². The monoisotopic (exact) mass is 224 g/mol. The minimum Gasteiger partial charge on any atom is -0.398 e. The van der Waals surface area contributed by atoms with Crippen LogP contribution < -0.4 is 5.73 Å². The Kier molecular flexibility index (Phi) is 4.74. The average Bonchev–Trinajstić information content (AvgIpc) is 2.28. The van der Waals surface area contributed by atoms with Gasteiger partial charge in [0.15, 0.2) is 0 Å². The van der Waals surface area contributed by atoms with Crippen molar-refractivity contribution in [2.24, 2.45) is 0 Å². The average molecular weight is 224 g/mol. The van der Waals surface area contributed by atoms with E-state index >= 15 is 0 Å². The second-order valence-corrected chi connectivity index (χ2v) is 4.13. The van der Waals surface area contributed by atoms with E-state index in [1.54, 1.807) is 12.1 Å². The number of anilines is 1. The fourth-order valence-electron chi connectivity index (χ4n) is 1.78. The molecule has 2 nitrogen and oxygen atoms in total. The second-order valence-electron chi connectivity index (χ2n) is 4.13. The molecular formula is C13H21FN2. The molecule has 0 radical (unpaired) electrons. The molecule has 0 aliphatic heterocycles. The first-order chi connectivity index (χ1) is 7.60. The molecule has 0 heterocycles. The molecule has 0 amide bonds. The number of hydrogen-bond acceptors (Lipinski definition) is 2. The van der Waals surface area contributed by atoms with E-state index in [1.807, 2.05) is 0 Å². The van der Waals surface area contributed by atoms with E-state index in [9.17, 15) is 4.39 Å². The van der Waals surface area contributed by atoms with Crippen molar-refractivity contribution in [1.29, 1.82) is 0 Å². The smallest absolute Gasteiger partial charge is 0.129 e.